The van der Waals surface area contributed by atoms with Crippen LogP contribution < -0.4 is 5.32 Å². The summed E-state index contributed by atoms with van der Waals surface area (Å²) in [7, 11) is 0. The molecule has 4 nitrogen and oxygen atoms in total. The SMILES string of the molecule is CCCNC(Cc1cnn(CC)c1)c1cncc(Br)c1. The van der Waals surface area contributed by atoms with Crippen LogP contribution in [0.15, 0.2) is 35.3 Å². The van der Waals surface area contributed by atoms with Crippen LogP contribution in [-0.2, 0) is 13.0 Å². The summed E-state index contributed by atoms with van der Waals surface area (Å²) >= 11 is 3.49. The Morgan fingerprint density at radius 3 is 2.80 bits per heavy atom. The molecule has 2 aromatic rings. The summed E-state index contributed by atoms with van der Waals surface area (Å²) in [6.45, 7) is 6.19. The smallest absolute Gasteiger partial charge is 0.0522 e. The largest absolute Gasteiger partial charge is 0.310 e. The molecule has 108 valence electrons. The molecule has 0 aliphatic rings. The molecular formula is C15H21BrN4. The Morgan fingerprint density at radius 1 is 1.30 bits per heavy atom. The quantitative estimate of drug-likeness (QED) is 0.843. The second-order valence-corrected chi connectivity index (χ2v) is 5.77. The van der Waals surface area contributed by atoms with Crippen LogP contribution in [0.2, 0.25) is 0 Å². The lowest BCUT2D eigenvalue weighted by Crippen LogP contribution is -2.24. The predicted molar refractivity (Wildman–Crippen MR) is 84.6 cm³/mol. The van der Waals surface area contributed by atoms with Gasteiger partial charge < -0.3 is 5.32 Å². The highest BCUT2D eigenvalue weighted by Crippen LogP contribution is 2.20. The Hall–Kier alpha value is -1.20. The fraction of sp³-hybridized carbons (Fsp3) is 0.467. The molecule has 20 heavy (non-hydrogen) atoms. The minimum atomic E-state index is 0.273. The topological polar surface area (TPSA) is 42.7 Å². The van der Waals surface area contributed by atoms with Crippen molar-refractivity contribution in [3.63, 3.8) is 0 Å². The third-order valence-corrected chi connectivity index (χ3v) is 3.65. The first-order chi connectivity index (χ1) is 9.72. The molecule has 0 spiro atoms. The van der Waals surface area contributed by atoms with E-state index in [1.165, 1.54) is 11.1 Å². The Morgan fingerprint density at radius 2 is 2.15 bits per heavy atom. The lowest BCUT2D eigenvalue weighted by Gasteiger charge is -2.18. The first-order valence-corrected chi connectivity index (χ1v) is 7.87. The van der Waals surface area contributed by atoms with Crippen molar-refractivity contribution in [2.45, 2.75) is 39.3 Å². The summed E-state index contributed by atoms with van der Waals surface area (Å²) in [4.78, 5) is 4.27. The zero-order chi connectivity index (χ0) is 14.4. The molecule has 0 fully saturated rings. The fourth-order valence-electron chi connectivity index (χ4n) is 2.17. The van der Waals surface area contributed by atoms with E-state index in [4.69, 9.17) is 0 Å². The first kappa shape index (κ1) is 15.2. The van der Waals surface area contributed by atoms with Crippen molar-refractivity contribution in [1.29, 1.82) is 0 Å². The molecule has 1 N–H and O–H groups in total. The Kier molecular flexibility index (Phi) is 5.73. The number of nitrogens with one attached hydrogen (secondary N) is 1. The van der Waals surface area contributed by atoms with Gasteiger partial charge in [-0.1, -0.05) is 6.92 Å². The van der Waals surface area contributed by atoms with Gasteiger partial charge >= 0.3 is 0 Å². The average molecular weight is 337 g/mol. The van der Waals surface area contributed by atoms with Crippen LogP contribution in [0.5, 0.6) is 0 Å². The van der Waals surface area contributed by atoms with E-state index in [9.17, 15) is 0 Å². The van der Waals surface area contributed by atoms with E-state index in [-0.39, 0.29) is 6.04 Å². The predicted octanol–water partition coefficient (Wildman–Crippen LogP) is 3.34. The number of hydrogen-bond acceptors (Lipinski definition) is 3. The summed E-state index contributed by atoms with van der Waals surface area (Å²) in [6.07, 6.45) is 9.86. The van der Waals surface area contributed by atoms with Crippen LogP contribution in [-0.4, -0.2) is 21.3 Å². The lowest BCUT2D eigenvalue weighted by atomic mass is 10.0. The molecule has 0 bridgehead atoms. The molecule has 2 rings (SSSR count). The molecule has 0 saturated heterocycles. The van der Waals surface area contributed by atoms with Gasteiger partial charge in [0, 0.05) is 35.6 Å². The third-order valence-electron chi connectivity index (χ3n) is 3.22. The fourth-order valence-corrected chi connectivity index (χ4v) is 2.55. The van der Waals surface area contributed by atoms with E-state index in [1.54, 1.807) is 0 Å². The molecule has 1 unspecified atom stereocenters. The minimum Gasteiger partial charge on any atom is -0.310 e. The maximum atomic E-state index is 4.34. The van der Waals surface area contributed by atoms with Crippen LogP contribution in [0.3, 0.4) is 0 Å². The van der Waals surface area contributed by atoms with Crippen LogP contribution in [0, 0.1) is 0 Å². The van der Waals surface area contributed by atoms with E-state index in [1.807, 2.05) is 23.3 Å². The Labute approximate surface area is 128 Å². The molecule has 0 aliphatic heterocycles. The number of rotatable bonds is 7. The van der Waals surface area contributed by atoms with Crippen molar-refractivity contribution in [3.8, 4) is 0 Å². The van der Waals surface area contributed by atoms with Gasteiger partial charge in [-0.05, 0) is 59.4 Å². The summed E-state index contributed by atoms with van der Waals surface area (Å²) < 4.78 is 2.98. The van der Waals surface area contributed by atoms with Gasteiger partial charge in [-0.15, -0.1) is 0 Å². The van der Waals surface area contributed by atoms with E-state index >= 15 is 0 Å². The zero-order valence-electron chi connectivity index (χ0n) is 12.0. The number of halogens is 1. The molecule has 0 aliphatic carbocycles. The molecule has 0 radical (unpaired) electrons. The summed E-state index contributed by atoms with van der Waals surface area (Å²) in [5.74, 6) is 0. The first-order valence-electron chi connectivity index (χ1n) is 7.08. The third kappa shape index (κ3) is 4.15. The highest BCUT2D eigenvalue weighted by atomic mass is 79.9. The maximum Gasteiger partial charge on any atom is 0.0522 e. The van der Waals surface area contributed by atoms with Crippen molar-refractivity contribution in [1.82, 2.24) is 20.1 Å². The van der Waals surface area contributed by atoms with Gasteiger partial charge in [0.15, 0.2) is 0 Å². The molecule has 0 amide bonds. The van der Waals surface area contributed by atoms with E-state index < -0.39 is 0 Å². The highest BCUT2D eigenvalue weighted by molar-refractivity contribution is 9.10. The molecule has 1 atom stereocenters. The van der Waals surface area contributed by atoms with E-state index in [0.717, 1.165) is 30.4 Å². The van der Waals surface area contributed by atoms with Gasteiger partial charge in [0.05, 0.1) is 6.20 Å². The van der Waals surface area contributed by atoms with Gasteiger partial charge in [0.1, 0.15) is 0 Å². The molecule has 5 heteroatoms. The summed E-state index contributed by atoms with van der Waals surface area (Å²) in [5.41, 5.74) is 2.46. The minimum absolute atomic E-state index is 0.273. The number of aromatic nitrogens is 3. The number of pyridine rings is 1. The zero-order valence-corrected chi connectivity index (χ0v) is 13.6. The highest BCUT2D eigenvalue weighted by Gasteiger charge is 2.13. The molecule has 2 aromatic heterocycles. The monoisotopic (exact) mass is 336 g/mol. The van der Waals surface area contributed by atoms with Crippen LogP contribution in [0.4, 0.5) is 0 Å². The summed E-state index contributed by atoms with van der Waals surface area (Å²) in [5, 5.41) is 7.93. The van der Waals surface area contributed by atoms with Crippen molar-refractivity contribution in [3.05, 3.63) is 46.5 Å². The molecule has 0 aromatic carbocycles. The second-order valence-electron chi connectivity index (χ2n) is 4.85. The van der Waals surface area contributed by atoms with Crippen LogP contribution in [0.1, 0.15) is 37.4 Å². The van der Waals surface area contributed by atoms with E-state index in [0.29, 0.717) is 0 Å². The average Bonchev–Trinajstić information content (AvgIpc) is 2.91. The molecular weight excluding hydrogens is 316 g/mol. The Balaban J connectivity index is 2.14. The van der Waals surface area contributed by atoms with Crippen LogP contribution >= 0.6 is 15.9 Å². The van der Waals surface area contributed by atoms with Gasteiger partial charge in [0.25, 0.3) is 0 Å². The standard InChI is InChI=1S/C15H21BrN4/c1-3-5-18-15(13-7-14(16)10-17-9-13)6-12-8-19-20(4-2)11-12/h7-11,15,18H,3-6H2,1-2H3. The molecule has 0 saturated carbocycles. The summed E-state index contributed by atoms with van der Waals surface area (Å²) in [6, 6.07) is 2.40. The Bertz CT molecular complexity index is 538. The van der Waals surface area contributed by atoms with Gasteiger partial charge in [-0.2, -0.15) is 5.10 Å². The van der Waals surface area contributed by atoms with Gasteiger partial charge in [-0.25, -0.2) is 0 Å². The van der Waals surface area contributed by atoms with Gasteiger partial charge in [-0.3, -0.25) is 9.67 Å². The number of nitrogens with zero attached hydrogens (tertiary/aromatic N) is 3. The normalized spacial score (nSPS) is 12.6. The number of hydrogen-bond donors (Lipinski definition) is 1. The van der Waals surface area contributed by atoms with Gasteiger partial charge in [0.2, 0.25) is 0 Å². The van der Waals surface area contributed by atoms with Crippen molar-refractivity contribution in [2.75, 3.05) is 6.54 Å². The van der Waals surface area contributed by atoms with Crippen LogP contribution in [0.25, 0.3) is 0 Å². The van der Waals surface area contributed by atoms with Crippen molar-refractivity contribution >= 4 is 15.9 Å². The van der Waals surface area contributed by atoms with Crippen molar-refractivity contribution in [2.24, 2.45) is 0 Å². The number of aryl methyl sites for hydroxylation is 1. The van der Waals surface area contributed by atoms with Crippen molar-refractivity contribution < 1.29 is 0 Å². The lowest BCUT2D eigenvalue weighted by molar-refractivity contribution is 0.527. The maximum absolute atomic E-state index is 4.34. The van der Waals surface area contributed by atoms with E-state index in [2.05, 4.69) is 57.4 Å². The molecule has 2 heterocycles. The second kappa shape index (κ2) is 7.55.